The summed E-state index contributed by atoms with van der Waals surface area (Å²) in [6, 6.07) is 9.28. The normalized spacial score (nSPS) is 13.3. The van der Waals surface area contributed by atoms with Crippen LogP contribution in [0.25, 0.3) is 0 Å². The van der Waals surface area contributed by atoms with Gasteiger partial charge in [-0.15, -0.1) is 6.42 Å². The zero-order chi connectivity index (χ0) is 14.1. The van der Waals surface area contributed by atoms with Crippen molar-refractivity contribution in [3.05, 3.63) is 35.9 Å². The first-order valence-electron chi connectivity index (χ1n) is 6.29. The summed E-state index contributed by atoms with van der Waals surface area (Å²) >= 11 is 0. The van der Waals surface area contributed by atoms with Crippen LogP contribution in [0.3, 0.4) is 0 Å². The summed E-state index contributed by atoms with van der Waals surface area (Å²) in [7, 11) is 0. The average Bonchev–Trinajstić information content (AvgIpc) is 2.44. The van der Waals surface area contributed by atoms with Crippen molar-refractivity contribution in [3.63, 3.8) is 0 Å². The van der Waals surface area contributed by atoms with E-state index in [0.717, 1.165) is 5.56 Å². The van der Waals surface area contributed by atoms with E-state index in [9.17, 15) is 9.90 Å². The maximum absolute atomic E-state index is 11.7. The number of carbonyl (C=O) groups excluding carboxylic acids is 1. The molecule has 4 heteroatoms. The van der Waals surface area contributed by atoms with Crippen LogP contribution >= 0.6 is 0 Å². The van der Waals surface area contributed by atoms with E-state index in [0.29, 0.717) is 6.42 Å². The first-order valence-corrected chi connectivity index (χ1v) is 6.29. The Hall–Kier alpha value is -1.83. The van der Waals surface area contributed by atoms with Gasteiger partial charge in [0.25, 0.3) is 0 Å². The lowest BCUT2D eigenvalue weighted by atomic mass is 10.1. The number of hydrogen-bond acceptors (Lipinski definition) is 3. The Bertz CT molecular complexity index is 426. The minimum absolute atomic E-state index is 0.0261. The van der Waals surface area contributed by atoms with Crippen LogP contribution < -0.4 is 10.6 Å². The van der Waals surface area contributed by atoms with Gasteiger partial charge in [0.1, 0.15) is 0 Å². The van der Waals surface area contributed by atoms with Gasteiger partial charge in [0.2, 0.25) is 5.91 Å². The van der Waals surface area contributed by atoms with E-state index in [4.69, 9.17) is 6.42 Å². The fraction of sp³-hybridized carbons (Fsp3) is 0.400. The molecule has 102 valence electrons. The molecule has 0 aromatic heterocycles. The zero-order valence-corrected chi connectivity index (χ0v) is 11.1. The third-order valence-corrected chi connectivity index (χ3v) is 2.79. The van der Waals surface area contributed by atoms with Crippen LogP contribution in [-0.2, 0) is 11.2 Å². The standard InChI is InChI=1S/C15H20N2O2/c1-3-9-16-15(19)12(2)17-14(11-18)10-13-7-5-4-6-8-13/h1,4-8,12,14,17-18H,9-11H2,2H3,(H,16,19). The first kappa shape index (κ1) is 15.2. The van der Waals surface area contributed by atoms with Gasteiger partial charge in [-0.25, -0.2) is 0 Å². The molecule has 4 nitrogen and oxygen atoms in total. The molecule has 0 bridgehead atoms. The molecule has 1 rings (SSSR count). The maximum atomic E-state index is 11.7. The fourth-order valence-corrected chi connectivity index (χ4v) is 1.80. The second-order valence-corrected chi connectivity index (χ2v) is 4.38. The third kappa shape index (κ3) is 5.56. The molecule has 0 saturated heterocycles. The molecular weight excluding hydrogens is 240 g/mol. The van der Waals surface area contributed by atoms with E-state index in [1.807, 2.05) is 30.3 Å². The van der Waals surface area contributed by atoms with Crippen LogP contribution in [0, 0.1) is 12.3 Å². The van der Waals surface area contributed by atoms with Crippen LogP contribution in [0.1, 0.15) is 12.5 Å². The summed E-state index contributed by atoms with van der Waals surface area (Å²) in [6.45, 7) is 1.94. The van der Waals surface area contributed by atoms with Gasteiger partial charge in [0, 0.05) is 6.04 Å². The highest BCUT2D eigenvalue weighted by atomic mass is 16.3. The number of aliphatic hydroxyl groups is 1. The molecule has 0 aliphatic heterocycles. The Labute approximate surface area is 114 Å². The minimum atomic E-state index is -0.394. The molecule has 0 aliphatic carbocycles. The third-order valence-electron chi connectivity index (χ3n) is 2.79. The lowest BCUT2D eigenvalue weighted by Crippen LogP contribution is -2.48. The number of aliphatic hydroxyl groups excluding tert-OH is 1. The molecule has 1 amide bonds. The van der Waals surface area contributed by atoms with Crippen LogP contribution in [0.4, 0.5) is 0 Å². The van der Waals surface area contributed by atoms with Gasteiger partial charge in [-0.2, -0.15) is 0 Å². The van der Waals surface area contributed by atoms with Crippen molar-refractivity contribution in [1.82, 2.24) is 10.6 Å². The van der Waals surface area contributed by atoms with E-state index in [1.54, 1.807) is 6.92 Å². The lowest BCUT2D eigenvalue weighted by Gasteiger charge is -2.21. The van der Waals surface area contributed by atoms with Crippen LogP contribution in [-0.4, -0.2) is 36.2 Å². The van der Waals surface area contributed by atoms with Crippen LogP contribution in [0.15, 0.2) is 30.3 Å². The van der Waals surface area contributed by atoms with Crippen molar-refractivity contribution in [2.75, 3.05) is 13.2 Å². The number of terminal acetylenes is 1. The lowest BCUT2D eigenvalue weighted by molar-refractivity contribution is -0.122. The van der Waals surface area contributed by atoms with Crippen molar-refractivity contribution in [1.29, 1.82) is 0 Å². The number of nitrogens with one attached hydrogen (secondary N) is 2. The molecule has 0 spiro atoms. The van der Waals surface area contributed by atoms with Crippen molar-refractivity contribution < 1.29 is 9.90 Å². The summed E-state index contributed by atoms with van der Waals surface area (Å²) in [6.07, 6.45) is 5.75. The highest BCUT2D eigenvalue weighted by Gasteiger charge is 2.17. The Morgan fingerprint density at radius 1 is 1.42 bits per heavy atom. The van der Waals surface area contributed by atoms with E-state index in [2.05, 4.69) is 16.6 Å². The molecule has 2 unspecified atom stereocenters. The Morgan fingerprint density at radius 2 is 2.11 bits per heavy atom. The van der Waals surface area contributed by atoms with Crippen molar-refractivity contribution in [2.24, 2.45) is 0 Å². The fourth-order valence-electron chi connectivity index (χ4n) is 1.80. The molecule has 0 fully saturated rings. The highest BCUT2D eigenvalue weighted by Crippen LogP contribution is 2.03. The molecule has 1 aromatic carbocycles. The van der Waals surface area contributed by atoms with Gasteiger partial charge in [0.05, 0.1) is 19.2 Å². The SMILES string of the molecule is C#CCNC(=O)C(C)NC(CO)Cc1ccccc1. The molecule has 1 aromatic rings. The number of rotatable bonds is 7. The zero-order valence-electron chi connectivity index (χ0n) is 11.1. The van der Waals surface area contributed by atoms with Crippen LogP contribution in [0.5, 0.6) is 0 Å². The smallest absolute Gasteiger partial charge is 0.237 e. The van der Waals surface area contributed by atoms with Gasteiger partial charge in [-0.05, 0) is 18.9 Å². The summed E-state index contributed by atoms with van der Waals surface area (Å²) in [5.41, 5.74) is 1.12. The van der Waals surface area contributed by atoms with E-state index in [-0.39, 0.29) is 25.1 Å². The summed E-state index contributed by atoms with van der Waals surface area (Å²) in [5, 5.41) is 15.1. The summed E-state index contributed by atoms with van der Waals surface area (Å²) in [4.78, 5) is 11.7. The van der Waals surface area contributed by atoms with Crippen molar-refractivity contribution >= 4 is 5.91 Å². The highest BCUT2D eigenvalue weighted by molar-refractivity contribution is 5.81. The summed E-state index contributed by atoms with van der Waals surface area (Å²) in [5.74, 6) is 2.19. The van der Waals surface area contributed by atoms with Crippen molar-refractivity contribution in [2.45, 2.75) is 25.4 Å². The first-order chi connectivity index (χ1) is 9.17. The molecule has 0 saturated carbocycles. The van der Waals surface area contributed by atoms with Crippen LogP contribution in [0.2, 0.25) is 0 Å². The summed E-state index contributed by atoms with van der Waals surface area (Å²) < 4.78 is 0. The largest absolute Gasteiger partial charge is 0.395 e. The Morgan fingerprint density at radius 3 is 2.68 bits per heavy atom. The molecule has 19 heavy (non-hydrogen) atoms. The van der Waals surface area contributed by atoms with E-state index >= 15 is 0 Å². The van der Waals surface area contributed by atoms with Gasteiger partial charge in [-0.1, -0.05) is 36.3 Å². The van der Waals surface area contributed by atoms with Gasteiger partial charge in [-0.3, -0.25) is 4.79 Å². The maximum Gasteiger partial charge on any atom is 0.237 e. The number of carbonyl (C=O) groups is 1. The van der Waals surface area contributed by atoms with Gasteiger partial charge >= 0.3 is 0 Å². The molecule has 0 aliphatic rings. The predicted octanol–water partition coefficient (Wildman–Crippen LogP) is 0.318. The predicted molar refractivity (Wildman–Crippen MR) is 75.5 cm³/mol. The quantitative estimate of drug-likeness (QED) is 0.619. The number of benzene rings is 1. The molecule has 0 radical (unpaired) electrons. The molecule has 3 N–H and O–H groups in total. The molecule has 2 atom stereocenters. The Kier molecular flexibility index (Phi) is 6.65. The molecular formula is C15H20N2O2. The monoisotopic (exact) mass is 260 g/mol. The number of amides is 1. The number of hydrogen-bond donors (Lipinski definition) is 3. The molecule has 0 heterocycles. The van der Waals surface area contributed by atoms with E-state index in [1.165, 1.54) is 0 Å². The van der Waals surface area contributed by atoms with E-state index < -0.39 is 6.04 Å². The second-order valence-electron chi connectivity index (χ2n) is 4.38. The Balaban J connectivity index is 2.48. The topological polar surface area (TPSA) is 61.4 Å². The van der Waals surface area contributed by atoms with Crippen molar-refractivity contribution in [3.8, 4) is 12.3 Å². The minimum Gasteiger partial charge on any atom is -0.395 e. The van der Waals surface area contributed by atoms with Gasteiger partial charge < -0.3 is 15.7 Å². The van der Waals surface area contributed by atoms with Gasteiger partial charge in [0.15, 0.2) is 0 Å². The average molecular weight is 260 g/mol. The second kappa shape index (κ2) is 8.30.